The molecule has 0 saturated carbocycles. The van der Waals surface area contributed by atoms with Gasteiger partial charge >= 0.3 is 12.1 Å². The zero-order valence-corrected chi connectivity index (χ0v) is 16.9. The third-order valence-electron chi connectivity index (χ3n) is 4.39. The average molecular weight is 423 g/mol. The van der Waals surface area contributed by atoms with Crippen molar-refractivity contribution in [2.24, 2.45) is 0 Å². The van der Waals surface area contributed by atoms with Gasteiger partial charge in [0.2, 0.25) is 5.91 Å². The van der Waals surface area contributed by atoms with Crippen molar-refractivity contribution in [1.29, 1.82) is 0 Å². The molecule has 0 spiro atoms. The van der Waals surface area contributed by atoms with Gasteiger partial charge in [0.05, 0.1) is 19.3 Å². The summed E-state index contributed by atoms with van der Waals surface area (Å²) in [6, 6.07) is 11.8. The van der Waals surface area contributed by atoms with Gasteiger partial charge in [0.15, 0.2) is 0 Å². The Hall–Kier alpha value is -3.03. The highest BCUT2D eigenvalue weighted by Crippen LogP contribution is 2.29. The molecule has 0 aliphatic heterocycles. The maximum absolute atomic E-state index is 12.7. The number of carbonyl (C=O) groups is 2. The summed E-state index contributed by atoms with van der Waals surface area (Å²) in [7, 11) is 1.55. The molecule has 0 aliphatic rings. The van der Waals surface area contributed by atoms with Crippen LogP contribution in [0.5, 0.6) is 5.75 Å². The number of amides is 1. The van der Waals surface area contributed by atoms with E-state index in [-0.39, 0.29) is 32.0 Å². The van der Waals surface area contributed by atoms with Crippen molar-refractivity contribution >= 4 is 11.9 Å². The predicted octanol–water partition coefficient (Wildman–Crippen LogP) is 4.24. The maximum Gasteiger partial charge on any atom is 0.416 e. The molecular weight excluding hydrogens is 399 g/mol. The molecule has 8 heteroatoms. The predicted molar refractivity (Wildman–Crippen MR) is 105 cm³/mol. The Morgan fingerprint density at radius 2 is 1.73 bits per heavy atom. The number of aryl methyl sites for hydroxylation is 1. The van der Waals surface area contributed by atoms with Gasteiger partial charge in [0.25, 0.3) is 0 Å². The quantitative estimate of drug-likeness (QED) is 0.566. The average Bonchev–Trinajstić information content (AvgIpc) is 2.71. The summed E-state index contributed by atoms with van der Waals surface area (Å²) in [6.45, 7) is 1.56. The van der Waals surface area contributed by atoms with Crippen molar-refractivity contribution in [3.8, 4) is 5.75 Å². The number of methoxy groups -OCH3 is 1. The van der Waals surface area contributed by atoms with E-state index in [9.17, 15) is 22.8 Å². The number of benzene rings is 2. The second-order valence-electron chi connectivity index (χ2n) is 6.60. The standard InChI is InChI=1S/C22H24F3NO4/c1-3-30-21(28)15-26(14-17-7-10-18(11-8-17)22(23,24)25)20(27)12-9-16-5-4-6-19(13-16)29-2/h4-8,10-11,13H,3,9,12,14-15H2,1-2H3. The lowest BCUT2D eigenvalue weighted by atomic mass is 10.1. The molecule has 0 aromatic heterocycles. The van der Waals surface area contributed by atoms with Crippen LogP contribution in [0.15, 0.2) is 48.5 Å². The lowest BCUT2D eigenvalue weighted by Crippen LogP contribution is -2.36. The molecule has 0 N–H and O–H groups in total. The largest absolute Gasteiger partial charge is 0.497 e. The molecular formula is C22H24F3NO4. The highest BCUT2D eigenvalue weighted by atomic mass is 19.4. The number of hydrogen-bond acceptors (Lipinski definition) is 4. The molecule has 5 nitrogen and oxygen atoms in total. The van der Waals surface area contributed by atoms with Crippen LogP contribution in [0, 0.1) is 0 Å². The summed E-state index contributed by atoms with van der Waals surface area (Å²) in [4.78, 5) is 26.0. The normalized spacial score (nSPS) is 11.1. The molecule has 0 fully saturated rings. The van der Waals surface area contributed by atoms with Crippen LogP contribution in [0.1, 0.15) is 30.0 Å². The van der Waals surface area contributed by atoms with Gasteiger partial charge in [-0.1, -0.05) is 24.3 Å². The fourth-order valence-corrected chi connectivity index (χ4v) is 2.85. The summed E-state index contributed by atoms with van der Waals surface area (Å²) in [6.07, 6.45) is -3.87. The van der Waals surface area contributed by atoms with E-state index in [4.69, 9.17) is 9.47 Å². The summed E-state index contributed by atoms with van der Waals surface area (Å²) >= 11 is 0. The molecule has 2 rings (SSSR count). The molecule has 0 unspecified atom stereocenters. The first-order valence-corrected chi connectivity index (χ1v) is 9.45. The third-order valence-corrected chi connectivity index (χ3v) is 4.39. The first-order valence-electron chi connectivity index (χ1n) is 9.45. The molecule has 2 aromatic rings. The number of carbonyl (C=O) groups excluding carboxylic acids is 2. The lowest BCUT2D eigenvalue weighted by molar-refractivity contribution is -0.149. The number of esters is 1. The Morgan fingerprint density at radius 3 is 2.33 bits per heavy atom. The molecule has 0 heterocycles. The van der Waals surface area contributed by atoms with E-state index in [0.29, 0.717) is 17.7 Å². The molecule has 1 amide bonds. The fourth-order valence-electron chi connectivity index (χ4n) is 2.85. The number of halogens is 3. The molecule has 0 atom stereocenters. The molecule has 30 heavy (non-hydrogen) atoms. The van der Waals surface area contributed by atoms with Crippen LogP contribution in [0.2, 0.25) is 0 Å². The summed E-state index contributed by atoms with van der Waals surface area (Å²) < 4.78 is 48.3. The van der Waals surface area contributed by atoms with E-state index >= 15 is 0 Å². The van der Waals surface area contributed by atoms with Gasteiger partial charge in [-0.2, -0.15) is 13.2 Å². The summed E-state index contributed by atoms with van der Waals surface area (Å²) in [5.74, 6) is -0.196. The highest BCUT2D eigenvalue weighted by Gasteiger charge is 2.30. The van der Waals surface area contributed by atoms with Crippen LogP contribution in [0.3, 0.4) is 0 Å². The van der Waals surface area contributed by atoms with Crippen LogP contribution >= 0.6 is 0 Å². The second kappa shape index (κ2) is 10.7. The van der Waals surface area contributed by atoms with Gasteiger partial charge in [-0.25, -0.2) is 0 Å². The minimum Gasteiger partial charge on any atom is -0.497 e. The number of alkyl halides is 3. The molecule has 0 bridgehead atoms. The van der Waals surface area contributed by atoms with Crippen molar-refractivity contribution in [3.63, 3.8) is 0 Å². The Balaban J connectivity index is 2.09. The van der Waals surface area contributed by atoms with E-state index in [1.54, 1.807) is 20.1 Å². The first kappa shape index (κ1) is 23.3. The Labute approximate surface area is 173 Å². The molecule has 2 aromatic carbocycles. The van der Waals surface area contributed by atoms with Gasteiger partial charge in [-0.3, -0.25) is 9.59 Å². The Kier molecular flexibility index (Phi) is 8.26. The Bertz CT molecular complexity index is 850. The minimum absolute atomic E-state index is 0.00783. The number of hydrogen-bond donors (Lipinski definition) is 0. The van der Waals surface area contributed by atoms with Crippen molar-refractivity contribution < 1.29 is 32.2 Å². The molecule has 0 radical (unpaired) electrons. The van der Waals surface area contributed by atoms with Crippen LogP contribution in [0.25, 0.3) is 0 Å². The summed E-state index contributed by atoms with van der Waals surface area (Å²) in [5.41, 5.74) is 0.614. The minimum atomic E-state index is -4.43. The zero-order chi connectivity index (χ0) is 22.1. The number of ether oxygens (including phenoxy) is 2. The van der Waals surface area contributed by atoms with Crippen molar-refractivity contribution in [2.75, 3.05) is 20.3 Å². The molecule has 0 saturated heterocycles. The fraction of sp³-hybridized carbons (Fsp3) is 0.364. The monoisotopic (exact) mass is 423 g/mol. The SMILES string of the molecule is CCOC(=O)CN(Cc1ccc(C(F)(F)F)cc1)C(=O)CCc1cccc(OC)c1. The van der Waals surface area contributed by atoms with E-state index in [2.05, 4.69) is 0 Å². The zero-order valence-electron chi connectivity index (χ0n) is 16.9. The van der Waals surface area contributed by atoms with Gasteiger partial charge in [-0.15, -0.1) is 0 Å². The van der Waals surface area contributed by atoms with Crippen LogP contribution in [-0.2, 0) is 33.5 Å². The number of nitrogens with zero attached hydrogens (tertiary/aromatic N) is 1. The van der Waals surface area contributed by atoms with E-state index in [1.165, 1.54) is 17.0 Å². The van der Waals surface area contributed by atoms with Crippen LogP contribution < -0.4 is 4.74 Å². The highest BCUT2D eigenvalue weighted by molar-refractivity contribution is 5.82. The van der Waals surface area contributed by atoms with Crippen molar-refractivity contribution in [2.45, 2.75) is 32.5 Å². The Morgan fingerprint density at radius 1 is 1.03 bits per heavy atom. The third kappa shape index (κ3) is 7.09. The molecule has 162 valence electrons. The van der Waals surface area contributed by atoms with Gasteiger partial charge in [-0.05, 0) is 48.7 Å². The van der Waals surface area contributed by atoms with Crippen LogP contribution in [0.4, 0.5) is 13.2 Å². The lowest BCUT2D eigenvalue weighted by Gasteiger charge is -2.22. The van der Waals surface area contributed by atoms with Crippen molar-refractivity contribution in [1.82, 2.24) is 4.90 Å². The van der Waals surface area contributed by atoms with E-state index < -0.39 is 17.7 Å². The topological polar surface area (TPSA) is 55.8 Å². The van der Waals surface area contributed by atoms with Crippen LogP contribution in [-0.4, -0.2) is 37.0 Å². The van der Waals surface area contributed by atoms with Gasteiger partial charge < -0.3 is 14.4 Å². The number of rotatable bonds is 9. The smallest absolute Gasteiger partial charge is 0.416 e. The second-order valence-corrected chi connectivity index (χ2v) is 6.60. The van der Waals surface area contributed by atoms with Gasteiger partial charge in [0.1, 0.15) is 12.3 Å². The molecule has 0 aliphatic carbocycles. The van der Waals surface area contributed by atoms with Crippen molar-refractivity contribution in [3.05, 3.63) is 65.2 Å². The first-order chi connectivity index (χ1) is 14.2. The maximum atomic E-state index is 12.7. The van der Waals surface area contributed by atoms with E-state index in [1.807, 2.05) is 18.2 Å². The van der Waals surface area contributed by atoms with Gasteiger partial charge in [0, 0.05) is 13.0 Å². The summed E-state index contributed by atoms with van der Waals surface area (Å²) in [5, 5.41) is 0. The van der Waals surface area contributed by atoms with E-state index in [0.717, 1.165) is 17.7 Å².